The number of hydrogen-bond acceptors (Lipinski definition) is 8. The van der Waals surface area contributed by atoms with Gasteiger partial charge in [0.05, 0.1) is 5.39 Å². The van der Waals surface area contributed by atoms with E-state index in [1.165, 1.54) is 23.1 Å². The van der Waals surface area contributed by atoms with E-state index >= 15 is 0 Å². The van der Waals surface area contributed by atoms with Crippen LogP contribution in [0.4, 0.5) is 0 Å². The van der Waals surface area contributed by atoms with Crippen LogP contribution >= 0.6 is 23.1 Å². The van der Waals surface area contributed by atoms with Gasteiger partial charge in [0.25, 0.3) is 5.91 Å². The van der Waals surface area contributed by atoms with Crippen LogP contribution in [0, 0.1) is 0 Å². The van der Waals surface area contributed by atoms with Crippen LogP contribution in [-0.4, -0.2) is 33.3 Å². The van der Waals surface area contributed by atoms with E-state index in [1.807, 2.05) is 12.3 Å². The maximum absolute atomic E-state index is 13.1. The smallest absolute Gasteiger partial charge is 0.288 e. The van der Waals surface area contributed by atoms with E-state index in [0.717, 1.165) is 4.34 Å². The molecule has 2 N–H and O–H groups in total. The average molecular weight is 396 g/mol. The number of carbonyl (C=O) groups is 2. The highest BCUT2D eigenvalue weighted by Gasteiger charge is 2.26. The number of primary amides is 1. The first-order valence-electron chi connectivity index (χ1n) is 7.80. The Bertz CT molecular complexity index is 1170. The molecule has 2 aromatic carbocycles. The molecule has 1 amide bonds. The lowest BCUT2D eigenvalue weighted by molar-refractivity contribution is 0.0966. The van der Waals surface area contributed by atoms with Gasteiger partial charge in [-0.15, -0.1) is 10.2 Å². The van der Waals surface area contributed by atoms with Gasteiger partial charge in [-0.3, -0.25) is 9.59 Å². The minimum atomic E-state index is -0.766. The molecule has 0 bridgehead atoms. The molecular formula is C18H12N4O3S2. The highest BCUT2D eigenvalue weighted by atomic mass is 32.2. The first-order chi connectivity index (χ1) is 13.1. The Kier molecular flexibility index (Phi) is 4.46. The number of ketones is 1. The number of carbonyl (C=O) groups excluding carboxylic acids is 2. The highest BCUT2D eigenvalue weighted by Crippen LogP contribution is 2.38. The molecule has 0 radical (unpaired) electrons. The van der Waals surface area contributed by atoms with Crippen molar-refractivity contribution < 1.29 is 14.1 Å². The van der Waals surface area contributed by atoms with Crippen molar-refractivity contribution >= 4 is 45.7 Å². The Hall–Kier alpha value is -3.04. The fourth-order valence-electron chi connectivity index (χ4n) is 2.76. The molecule has 7 nitrogen and oxygen atoms in total. The normalized spacial score (nSPS) is 11.0. The summed E-state index contributed by atoms with van der Waals surface area (Å²) in [7, 11) is 0. The quantitative estimate of drug-likeness (QED) is 0.406. The number of fused-ring (bicyclic) bond motifs is 1. The number of hydrogen-bond donors (Lipinski definition) is 1. The molecule has 4 aromatic rings. The van der Waals surface area contributed by atoms with Crippen LogP contribution < -0.4 is 5.73 Å². The van der Waals surface area contributed by atoms with Crippen LogP contribution in [0.25, 0.3) is 21.5 Å². The van der Waals surface area contributed by atoms with Gasteiger partial charge in [0.15, 0.2) is 10.1 Å². The zero-order valence-electron chi connectivity index (χ0n) is 14.0. The second-order valence-electron chi connectivity index (χ2n) is 5.53. The van der Waals surface area contributed by atoms with Gasteiger partial charge in [-0.25, -0.2) is 0 Å². The van der Waals surface area contributed by atoms with Crippen molar-refractivity contribution in [3.8, 4) is 10.6 Å². The lowest BCUT2D eigenvalue weighted by Gasteiger charge is -2.08. The number of nitrogens with zero attached hydrogens (tertiary/aromatic N) is 3. The van der Waals surface area contributed by atoms with Gasteiger partial charge in [-0.2, -0.15) is 0 Å². The minimum absolute atomic E-state index is 0.108. The Labute approximate surface area is 161 Å². The van der Waals surface area contributed by atoms with Crippen molar-refractivity contribution in [2.75, 3.05) is 6.26 Å². The third-order valence-electron chi connectivity index (χ3n) is 3.95. The summed E-state index contributed by atoms with van der Waals surface area (Å²) in [5.74, 6) is -1.08. The summed E-state index contributed by atoms with van der Waals surface area (Å²) in [6.45, 7) is 0. The Balaban J connectivity index is 2.04. The summed E-state index contributed by atoms with van der Waals surface area (Å²) in [5, 5.41) is 13.1. The largest absolute Gasteiger partial charge is 0.363 e. The maximum atomic E-state index is 13.1. The van der Waals surface area contributed by atoms with Crippen molar-refractivity contribution in [3.05, 3.63) is 59.4 Å². The predicted octanol–water partition coefficient (Wildman–Crippen LogP) is 3.40. The van der Waals surface area contributed by atoms with Gasteiger partial charge in [0.1, 0.15) is 10.5 Å². The van der Waals surface area contributed by atoms with Crippen LogP contribution in [0.1, 0.15) is 26.5 Å². The zero-order valence-corrected chi connectivity index (χ0v) is 15.6. The van der Waals surface area contributed by atoms with Crippen LogP contribution in [0.2, 0.25) is 0 Å². The van der Waals surface area contributed by atoms with E-state index in [1.54, 1.807) is 36.4 Å². The summed E-state index contributed by atoms with van der Waals surface area (Å²) < 4.78 is 5.86. The van der Waals surface area contributed by atoms with Gasteiger partial charge in [0.2, 0.25) is 5.76 Å². The molecule has 0 saturated carbocycles. The van der Waals surface area contributed by atoms with Crippen molar-refractivity contribution in [1.29, 1.82) is 0 Å². The summed E-state index contributed by atoms with van der Waals surface area (Å²) in [6.07, 6.45) is 1.88. The molecule has 0 saturated heterocycles. The Morgan fingerprint density at radius 2 is 1.89 bits per heavy atom. The number of nitrogens with two attached hydrogens (primary N) is 1. The molecule has 2 aromatic heterocycles. The molecule has 9 heteroatoms. The summed E-state index contributed by atoms with van der Waals surface area (Å²) in [5.41, 5.74) is 7.22. The third-order valence-corrected chi connectivity index (χ3v) is 5.86. The van der Waals surface area contributed by atoms with E-state index in [4.69, 9.17) is 10.3 Å². The van der Waals surface area contributed by atoms with Crippen molar-refractivity contribution in [2.24, 2.45) is 5.73 Å². The maximum Gasteiger partial charge on any atom is 0.288 e. The molecule has 0 atom stereocenters. The Morgan fingerprint density at radius 3 is 2.56 bits per heavy atom. The molecule has 0 aliphatic heterocycles. The number of amides is 1. The summed E-state index contributed by atoms with van der Waals surface area (Å²) in [4.78, 5) is 25.0. The standard InChI is InChI=1S/C18H12N4O3S2/c1-26-18-21-20-17(27-18)12-10(14(23)9-5-3-2-4-6-9)7-8-11-13(12)15(16(19)24)25-22-11/h2-8H,1H3,(H2,19,24). The van der Waals surface area contributed by atoms with E-state index in [0.29, 0.717) is 32.6 Å². The molecular weight excluding hydrogens is 384 g/mol. The van der Waals surface area contributed by atoms with E-state index in [-0.39, 0.29) is 11.5 Å². The number of aromatic nitrogens is 3. The molecule has 0 fully saturated rings. The third kappa shape index (κ3) is 3.00. The summed E-state index contributed by atoms with van der Waals surface area (Å²) in [6, 6.07) is 12.1. The number of rotatable bonds is 5. The van der Waals surface area contributed by atoms with Gasteiger partial charge in [0, 0.05) is 16.7 Å². The van der Waals surface area contributed by atoms with Crippen LogP contribution in [0.3, 0.4) is 0 Å². The second-order valence-corrected chi connectivity index (χ2v) is 7.56. The SMILES string of the molecule is CSc1nnc(-c2c(C(=O)c3ccccc3)ccc3noc(C(N)=O)c23)s1. The predicted molar refractivity (Wildman–Crippen MR) is 103 cm³/mol. The van der Waals surface area contributed by atoms with Crippen molar-refractivity contribution in [2.45, 2.75) is 4.34 Å². The highest BCUT2D eigenvalue weighted by molar-refractivity contribution is 8.00. The second kappa shape index (κ2) is 6.93. The topological polar surface area (TPSA) is 112 Å². The lowest BCUT2D eigenvalue weighted by Crippen LogP contribution is -2.11. The van der Waals surface area contributed by atoms with Crippen LogP contribution in [0.15, 0.2) is 51.3 Å². The van der Waals surface area contributed by atoms with E-state index in [9.17, 15) is 9.59 Å². The van der Waals surface area contributed by atoms with Gasteiger partial charge >= 0.3 is 0 Å². The molecule has 0 aliphatic rings. The van der Waals surface area contributed by atoms with Gasteiger partial charge in [-0.1, -0.05) is 58.6 Å². The van der Waals surface area contributed by atoms with Crippen molar-refractivity contribution in [3.63, 3.8) is 0 Å². The van der Waals surface area contributed by atoms with Crippen molar-refractivity contribution in [1.82, 2.24) is 15.4 Å². The molecule has 0 spiro atoms. The molecule has 134 valence electrons. The fraction of sp³-hybridized carbons (Fsp3) is 0.0556. The van der Waals surface area contributed by atoms with Crippen LogP contribution in [0.5, 0.6) is 0 Å². The number of thioether (sulfide) groups is 1. The molecule has 4 rings (SSSR count). The zero-order chi connectivity index (χ0) is 19.0. The minimum Gasteiger partial charge on any atom is -0.363 e. The van der Waals surface area contributed by atoms with E-state index in [2.05, 4.69) is 15.4 Å². The molecule has 0 aliphatic carbocycles. The van der Waals surface area contributed by atoms with Gasteiger partial charge in [-0.05, 0) is 18.4 Å². The lowest BCUT2D eigenvalue weighted by atomic mass is 9.95. The van der Waals surface area contributed by atoms with E-state index < -0.39 is 5.91 Å². The Morgan fingerprint density at radius 1 is 1.11 bits per heavy atom. The summed E-state index contributed by atoms with van der Waals surface area (Å²) >= 11 is 2.76. The fourth-order valence-corrected chi connectivity index (χ4v) is 4.09. The molecule has 2 heterocycles. The molecule has 27 heavy (non-hydrogen) atoms. The average Bonchev–Trinajstić information content (AvgIpc) is 3.34. The number of benzene rings is 2. The monoisotopic (exact) mass is 396 g/mol. The van der Waals surface area contributed by atoms with Gasteiger partial charge < -0.3 is 10.3 Å². The molecule has 0 unspecified atom stereocenters. The van der Waals surface area contributed by atoms with Crippen LogP contribution in [-0.2, 0) is 0 Å². The first-order valence-corrected chi connectivity index (χ1v) is 9.84. The first kappa shape index (κ1) is 17.4.